The van der Waals surface area contributed by atoms with Crippen molar-refractivity contribution in [3.05, 3.63) is 28.2 Å². The molecule has 19 heavy (non-hydrogen) atoms. The van der Waals surface area contributed by atoms with Gasteiger partial charge in [0.05, 0.1) is 13.2 Å². The van der Waals surface area contributed by atoms with Crippen LogP contribution in [-0.2, 0) is 0 Å². The summed E-state index contributed by atoms with van der Waals surface area (Å²) >= 11 is 3.48. The van der Waals surface area contributed by atoms with Gasteiger partial charge in [-0.15, -0.1) is 0 Å². The predicted molar refractivity (Wildman–Crippen MR) is 81.9 cm³/mol. The summed E-state index contributed by atoms with van der Waals surface area (Å²) in [6.45, 7) is 2.33. The summed E-state index contributed by atoms with van der Waals surface area (Å²) in [5.74, 6) is 8.10. The van der Waals surface area contributed by atoms with E-state index in [1.54, 1.807) is 7.11 Å². The van der Waals surface area contributed by atoms with Crippen molar-refractivity contribution < 1.29 is 4.74 Å². The lowest BCUT2D eigenvalue weighted by atomic mass is 9.77. The van der Waals surface area contributed by atoms with Crippen LogP contribution < -0.4 is 16.0 Å². The second kappa shape index (κ2) is 6.73. The lowest BCUT2D eigenvalue weighted by Gasteiger charge is -2.33. The number of hydrogen-bond acceptors (Lipinski definition) is 3. The highest BCUT2D eigenvalue weighted by Gasteiger charge is 2.28. The first-order valence-corrected chi connectivity index (χ1v) is 7.74. The molecule has 0 aliphatic heterocycles. The Morgan fingerprint density at radius 3 is 2.84 bits per heavy atom. The molecular weight excluding hydrogens is 304 g/mol. The molecule has 3 atom stereocenters. The molecule has 1 aliphatic rings. The van der Waals surface area contributed by atoms with E-state index < -0.39 is 0 Å². The van der Waals surface area contributed by atoms with Crippen LogP contribution in [-0.4, -0.2) is 7.11 Å². The minimum atomic E-state index is 0.172. The van der Waals surface area contributed by atoms with Crippen LogP contribution >= 0.6 is 15.9 Å². The van der Waals surface area contributed by atoms with Crippen LogP contribution in [0, 0.1) is 11.8 Å². The van der Waals surface area contributed by atoms with Gasteiger partial charge in [0.25, 0.3) is 0 Å². The van der Waals surface area contributed by atoms with E-state index in [1.807, 2.05) is 6.07 Å². The summed E-state index contributed by atoms with van der Waals surface area (Å²) in [7, 11) is 1.71. The van der Waals surface area contributed by atoms with Crippen LogP contribution in [0.2, 0.25) is 0 Å². The molecule has 2 rings (SSSR count). The Labute approximate surface area is 124 Å². The zero-order chi connectivity index (χ0) is 13.8. The van der Waals surface area contributed by atoms with Crippen LogP contribution in [0.15, 0.2) is 22.7 Å². The Hall–Kier alpha value is -0.580. The zero-order valence-corrected chi connectivity index (χ0v) is 13.2. The predicted octanol–water partition coefficient (Wildman–Crippen LogP) is 3.79. The average Bonchev–Trinajstić information content (AvgIpc) is 2.41. The zero-order valence-electron chi connectivity index (χ0n) is 11.7. The highest BCUT2D eigenvalue weighted by atomic mass is 79.9. The standard InChI is InChI=1S/C15H23BrN2O/c1-10-4-3-5-11(8-10)15(18-17)13-7-6-12(16)9-14(13)19-2/h6-7,9-11,15,18H,3-5,8,17H2,1-2H3. The van der Waals surface area contributed by atoms with E-state index >= 15 is 0 Å². The number of ether oxygens (including phenoxy) is 1. The second-order valence-corrected chi connectivity index (χ2v) is 6.48. The summed E-state index contributed by atoms with van der Waals surface area (Å²) in [4.78, 5) is 0. The van der Waals surface area contributed by atoms with Crippen molar-refractivity contribution in [2.24, 2.45) is 17.7 Å². The molecule has 4 heteroatoms. The van der Waals surface area contributed by atoms with Gasteiger partial charge in [0.2, 0.25) is 0 Å². The van der Waals surface area contributed by atoms with Gasteiger partial charge in [0.15, 0.2) is 0 Å². The minimum absolute atomic E-state index is 0.172. The molecule has 106 valence electrons. The SMILES string of the molecule is COc1cc(Br)ccc1C(NN)C1CCCC(C)C1. The van der Waals surface area contributed by atoms with Crippen molar-refractivity contribution >= 4 is 15.9 Å². The van der Waals surface area contributed by atoms with E-state index in [2.05, 4.69) is 40.4 Å². The maximum Gasteiger partial charge on any atom is 0.124 e. The van der Waals surface area contributed by atoms with Crippen molar-refractivity contribution in [1.29, 1.82) is 0 Å². The van der Waals surface area contributed by atoms with E-state index in [4.69, 9.17) is 10.6 Å². The van der Waals surface area contributed by atoms with E-state index in [9.17, 15) is 0 Å². The monoisotopic (exact) mass is 326 g/mol. The molecule has 1 aromatic carbocycles. The fourth-order valence-electron chi connectivity index (χ4n) is 3.21. The smallest absolute Gasteiger partial charge is 0.124 e. The van der Waals surface area contributed by atoms with Gasteiger partial charge in [-0.05, 0) is 36.8 Å². The number of methoxy groups -OCH3 is 1. The number of benzene rings is 1. The summed E-state index contributed by atoms with van der Waals surface area (Å²) in [6, 6.07) is 6.33. The first-order valence-electron chi connectivity index (χ1n) is 6.95. The number of nitrogens with one attached hydrogen (secondary N) is 1. The van der Waals surface area contributed by atoms with Crippen LogP contribution in [0.25, 0.3) is 0 Å². The number of hydrogen-bond donors (Lipinski definition) is 2. The van der Waals surface area contributed by atoms with Crippen LogP contribution in [0.4, 0.5) is 0 Å². The van der Waals surface area contributed by atoms with Crippen molar-refractivity contribution in [3.63, 3.8) is 0 Å². The first kappa shape index (κ1) is 14.8. The quantitative estimate of drug-likeness (QED) is 0.653. The number of nitrogens with two attached hydrogens (primary N) is 1. The van der Waals surface area contributed by atoms with Gasteiger partial charge in [-0.2, -0.15) is 0 Å². The Bertz CT molecular complexity index is 425. The van der Waals surface area contributed by atoms with Crippen LogP contribution in [0.5, 0.6) is 5.75 Å². The maximum absolute atomic E-state index is 5.83. The molecule has 0 saturated heterocycles. The van der Waals surface area contributed by atoms with Gasteiger partial charge >= 0.3 is 0 Å². The van der Waals surface area contributed by atoms with E-state index in [0.29, 0.717) is 5.92 Å². The van der Waals surface area contributed by atoms with E-state index in [1.165, 1.54) is 25.7 Å². The molecule has 0 aromatic heterocycles. The molecule has 3 N–H and O–H groups in total. The van der Waals surface area contributed by atoms with Gasteiger partial charge in [-0.3, -0.25) is 11.3 Å². The van der Waals surface area contributed by atoms with Crippen molar-refractivity contribution in [3.8, 4) is 5.75 Å². The summed E-state index contributed by atoms with van der Waals surface area (Å²) in [5.41, 5.74) is 4.17. The lowest BCUT2D eigenvalue weighted by Crippen LogP contribution is -2.35. The summed E-state index contributed by atoms with van der Waals surface area (Å²) < 4.78 is 6.53. The Balaban J connectivity index is 2.25. The Kier molecular flexibility index (Phi) is 5.25. The third kappa shape index (κ3) is 3.50. The first-order chi connectivity index (χ1) is 9.15. The fraction of sp³-hybridized carbons (Fsp3) is 0.600. The summed E-state index contributed by atoms with van der Waals surface area (Å²) in [6.07, 6.45) is 5.10. The molecule has 0 amide bonds. The molecule has 1 saturated carbocycles. The number of hydrazine groups is 1. The molecular formula is C15H23BrN2O. The van der Waals surface area contributed by atoms with Gasteiger partial charge in [0, 0.05) is 10.0 Å². The van der Waals surface area contributed by atoms with Gasteiger partial charge < -0.3 is 4.74 Å². The highest BCUT2D eigenvalue weighted by molar-refractivity contribution is 9.10. The van der Waals surface area contributed by atoms with E-state index in [-0.39, 0.29) is 6.04 Å². The van der Waals surface area contributed by atoms with Crippen molar-refractivity contribution in [2.45, 2.75) is 38.6 Å². The van der Waals surface area contributed by atoms with Gasteiger partial charge in [0.1, 0.15) is 5.75 Å². The van der Waals surface area contributed by atoms with Crippen LogP contribution in [0.3, 0.4) is 0 Å². The topological polar surface area (TPSA) is 47.3 Å². The molecule has 1 aromatic rings. The van der Waals surface area contributed by atoms with Crippen LogP contribution in [0.1, 0.15) is 44.2 Å². The average molecular weight is 327 g/mol. The summed E-state index contributed by atoms with van der Waals surface area (Å²) in [5, 5.41) is 0. The second-order valence-electron chi connectivity index (χ2n) is 5.56. The Morgan fingerprint density at radius 1 is 1.42 bits per heavy atom. The molecule has 3 unspecified atom stereocenters. The fourth-order valence-corrected chi connectivity index (χ4v) is 3.55. The molecule has 0 spiro atoms. The molecule has 0 radical (unpaired) electrons. The largest absolute Gasteiger partial charge is 0.496 e. The van der Waals surface area contributed by atoms with Gasteiger partial charge in [-0.1, -0.05) is 41.8 Å². The normalized spacial score (nSPS) is 25.1. The third-order valence-electron chi connectivity index (χ3n) is 4.16. The van der Waals surface area contributed by atoms with E-state index in [0.717, 1.165) is 21.7 Å². The van der Waals surface area contributed by atoms with Crippen molar-refractivity contribution in [2.75, 3.05) is 7.11 Å². The number of rotatable bonds is 4. The number of halogens is 1. The third-order valence-corrected chi connectivity index (χ3v) is 4.65. The maximum atomic E-state index is 5.83. The van der Waals surface area contributed by atoms with Crippen molar-refractivity contribution in [1.82, 2.24) is 5.43 Å². The highest BCUT2D eigenvalue weighted by Crippen LogP contribution is 2.40. The Morgan fingerprint density at radius 2 is 2.21 bits per heavy atom. The molecule has 1 fully saturated rings. The molecule has 3 nitrogen and oxygen atoms in total. The molecule has 1 aliphatic carbocycles. The lowest BCUT2D eigenvalue weighted by molar-refractivity contribution is 0.221. The minimum Gasteiger partial charge on any atom is -0.496 e. The molecule has 0 heterocycles. The molecule has 0 bridgehead atoms. The van der Waals surface area contributed by atoms with Gasteiger partial charge in [-0.25, -0.2) is 0 Å².